The van der Waals surface area contributed by atoms with Gasteiger partial charge in [-0.2, -0.15) is 0 Å². The topological polar surface area (TPSA) is 29.9 Å². The van der Waals surface area contributed by atoms with E-state index in [0.29, 0.717) is 6.04 Å². The molecular weight excluding hydrogens is 246 g/mol. The van der Waals surface area contributed by atoms with Crippen LogP contribution in [0.15, 0.2) is 36.7 Å². The number of nitrogens with zero attached hydrogens (tertiary/aromatic N) is 2. The fourth-order valence-corrected chi connectivity index (χ4v) is 3.02. The molecule has 1 aliphatic rings. The maximum atomic E-state index is 4.49. The molecule has 20 heavy (non-hydrogen) atoms. The van der Waals surface area contributed by atoms with Gasteiger partial charge in [0, 0.05) is 18.9 Å². The maximum Gasteiger partial charge on any atom is 0.203 e. The smallest absolute Gasteiger partial charge is 0.203 e. The first-order chi connectivity index (χ1) is 9.88. The van der Waals surface area contributed by atoms with Gasteiger partial charge in [0.1, 0.15) is 0 Å². The number of fused-ring (bicyclic) bond motifs is 1. The third-order valence-corrected chi connectivity index (χ3v) is 4.14. The van der Waals surface area contributed by atoms with Gasteiger partial charge in [-0.15, -0.1) is 0 Å². The Morgan fingerprint density at radius 2 is 2.25 bits per heavy atom. The second-order valence-corrected chi connectivity index (χ2v) is 5.59. The molecule has 0 saturated heterocycles. The molecule has 1 atom stereocenters. The molecule has 1 aromatic carbocycles. The molecule has 3 heteroatoms. The van der Waals surface area contributed by atoms with E-state index >= 15 is 0 Å². The molecule has 1 aromatic heterocycles. The van der Waals surface area contributed by atoms with E-state index in [4.69, 9.17) is 0 Å². The lowest BCUT2D eigenvalue weighted by atomic mass is 9.88. The highest BCUT2D eigenvalue weighted by Crippen LogP contribution is 2.31. The molecule has 106 valence electrons. The van der Waals surface area contributed by atoms with Crippen molar-refractivity contribution in [3.63, 3.8) is 0 Å². The van der Waals surface area contributed by atoms with Crippen LogP contribution < -0.4 is 5.32 Å². The first-order valence-electron chi connectivity index (χ1n) is 7.74. The van der Waals surface area contributed by atoms with Crippen LogP contribution in [0.2, 0.25) is 0 Å². The molecule has 0 radical (unpaired) electrons. The van der Waals surface area contributed by atoms with Crippen molar-refractivity contribution in [2.75, 3.05) is 5.32 Å². The van der Waals surface area contributed by atoms with Crippen molar-refractivity contribution in [2.45, 2.75) is 51.6 Å². The minimum atomic E-state index is 0.405. The number of nitrogens with one attached hydrogen (secondary N) is 1. The van der Waals surface area contributed by atoms with Gasteiger partial charge in [-0.05, 0) is 36.8 Å². The average Bonchev–Trinajstić information content (AvgIpc) is 2.93. The van der Waals surface area contributed by atoms with Crippen LogP contribution >= 0.6 is 0 Å². The van der Waals surface area contributed by atoms with Crippen LogP contribution in [0.1, 0.15) is 49.8 Å². The van der Waals surface area contributed by atoms with Gasteiger partial charge in [-0.1, -0.05) is 37.6 Å². The fourth-order valence-electron chi connectivity index (χ4n) is 3.02. The largest absolute Gasteiger partial charge is 0.349 e. The van der Waals surface area contributed by atoms with Gasteiger partial charge < -0.3 is 9.88 Å². The normalized spacial score (nSPS) is 17.8. The average molecular weight is 269 g/mol. The van der Waals surface area contributed by atoms with Crippen molar-refractivity contribution in [3.8, 4) is 0 Å². The van der Waals surface area contributed by atoms with Crippen LogP contribution in [0.25, 0.3) is 0 Å². The molecule has 0 amide bonds. The Balaban J connectivity index is 1.77. The minimum absolute atomic E-state index is 0.405. The highest BCUT2D eigenvalue weighted by Gasteiger charge is 2.20. The summed E-state index contributed by atoms with van der Waals surface area (Å²) in [5.74, 6) is 1.01. The summed E-state index contributed by atoms with van der Waals surface area (Å²) in [6.07, 6.45) is 10.0. The Morgan fingerprint density at radius 3 is 3.15 bits per heavy atom. The monoisotopic (exact) mass is 269 g/mol. The quantitative estimate of drug-likeness (QED) is 0.882. The van der Waals surface area contributed by atoms with Crippen LogP contribution in [-0.4, -0.2) is 9.55 Å². The first-order valence-corrected chi connectivity index (χ1v) is 7.74. The predicted octanol–water partition coefficient (Wildman–Crippen LogP) is 4.17. The van der Waals surface area contributed by atoms with Crippen molar-refractivity contribution >= 4 is 5.95 Å². The Hall–Kier alpha value is -1.77. The zero-order valence-corrected chi connectivity index (χ0v) is 12.2. The molecule has 3 nitrogen and oxygen atoms in total. The molecule has 0 bridgehead atoms. The molecule has 3 rings (SSSR count). The van der Waals surface area contributed by atoms with Crippen molar-refractivity contribution in [2.24, 2.45) is 0 Å². The highest BCUT2D eigenvalue weighted by atomic mass is 15.2. The Labute approximate surface area is 121 Å². The second kappa shape index (κ2) is 6.12. The molecular formula is C17H23N3. The molecule has 1 aliphatic carbocycles. The van der Waals surface area contributed by atoms with Gasteiger partial charge in [-0.25, -0.2) is 4.98 Å². The van der Waals surface area contributed by atoms with Gasteiger partial charge in [0.2, 0.25) is 5.95 Å². The summed E-state index contributed by atoms with van der Waals surface area (Å²) in [6, 6.07) is 9.20. The van der Waals surface area contributed by atoms with Crippen LogP contribution in [0, 0.1) is 0 Å². The second-order valence-electron chi connectivity index (χ2n) is 5.59. The third kappa shape index (κ3) is 2.72. The van der Waals surface area contributed by atoms with Crippen molar-refractivity contribution in [1.82, 2.24) is 9.55 Å². The lowest BCUT2D eigenvalue weighted by Gasteiger charge is -2.27. The van der Waals surface area contributed by atoms with E-state index in [-0.39, 0.29) is 0 Å². The van der Waals surface area contributed by atoms with E-state index in [9.17, 15) is 0 Å². The zero-order chi connectivity index (χ0) is 13.8. The van der Waals surface area contributed by atoms with Crippen molar-refractivity contribution < 1.29 is 0 Å². The van der Waals surface area contributed by atoms with E-state index in [1.54, 1.807) is 0 Å². The van der Waals surface area contributed by atoms with Crippen molar-refractivity contribution in [1.29, 1.82) is 0 Å². The number of aromatic nitrogens is 2. The number of rotatable bonds is 5. The highest BCUT2D eigenvalue weighted by molar-refractivity contribution is 5.39. The van der Waals surface area contributed by atoms with Gasteiger partial charge in [0.25, 0.3) is 0 Å². The molecule has 1 heterocycles. The van der Waals surface area contributed by atoms with E-state index in [2.05, 4.69) is 52.3 Å². The van der Waals surface area contributed by atoms with E-state index in [1.165, 1.54) is 43.2 Å². The summed E-state index contributed by atoms with van der Waals surface area (Å²) in [4.78, 5) is 4.49. The summed E-state index contributed by atoms with van der Waals surface area (Å²) >= 11 is 0. The molecule has 1 unspecified atom stereocenters. The Morgan fingerprint density at radius 1 is 1.35 bits per heavy atom. The molecule has 1 N–H and O–H groups in total. The SMILES string of the molecule is CCCCn1ccnc1NC1CCCc2ccccc21. The number of hydrogen-bond donors (Lipinski definition) is 1. The summed E-state index contributed by atoms with van der Waals surface area (Å²) in [6.45, 7) is 3.27. The van der Waals surface area contributed by atoms with Crippen LogP contribution in [0.3, 0.4) is 0 Å². The van der Waals surface area contributed by atoms with Gasteiger partial charge in [0.15, 0.2) is 0 Å². The van der Waals surface area contributed by atoms with Gasteiger partial charge in [-0.3, -0.25) is 0 Å². The number of unbranched alkanes of at least 4 members (excludes halogenated alkanes) is 1. The van der Waals surface area contributed by atoms with Crippen LogP contribution in [-0.2, 0) is 13.0 Å². The standard InChI is InChI=1S/C17H23N3/c1-2-3-12-20-13-11-18-17(20)19-16-10-6-8-14-7-4-5-9-15(14)16/h4-5,7,9,11,13,16H,2-3,6,8,10,12H2,1H3,(H,18,19). The number of hydrogen-bond acceptors (Lipinski definition) is 2. The maximum absolute atomic E-state index is 4.49. The van der Waals surface area contributed by atoms with E-state index < -0.39 is 0 Å². The number of anilines is 1. The number of aryl methyl sites for hydroxylation is 2. The Bertz CT molecular complexity index is 559. The number of imidazole rings is 1. The van der Waals surface area contributed by atoms with Crippen LogP contribution in [0.4, 0.5) is 5.95 Å². The fraction of sp³-hybridized carbons (Fsp3) is 0.471. The van der Waals surface area contributed by atoms with Gasteiger partial charge in [0.05, 0.1) is 6.04 Å². The molecule has 0 aliphatic heterocycles. The van der Waals surface area contributed by atoms with Crippen molar-refractivity contribution in [3.05, 3.63) is 47.8 Å². The number of benzene rings is 1. The summed E-state index contributed by atoms with van der Waals surface area (Å²) < 4.78 is 2.24. The lowest BCUT2D eigenvalue weighted by Crippen LogP contribution is -2.19. The summed E-state index contributed by atoms with van der Waals surface area (Å²) in [7, 11) is 0. The molecule has 0 spiro atoms. The zero-order valence-electron chi connectivity index (χ0n) is 12.2. The lowest BCUT2D eigenvalue weighted by molar-refractivity contribution is 0.581. The Kier molecular flexibility index (Phi) is 4.05. The van der Waals surface area contributed by atoms with Crippen LogP contribution in [0.5, 0.6) is 0 Å². The molecule has 0 saturated carbocycles. The first kappa shape index (κ1) is 13.2. The van der Waals surface area contributed by atoms with E-state index in [1.807, 2.05) is 6.20 Å². The van der Waals surface area contributed by atoms with Gasteiger partial charge >= 0.3 is 0 Å². The third-order valence-electron chi connectivity index (χ3n) is 4.14. The molecule has 0 fully saturated rings. The molecule has 2 aromatic rings. The summed E-state index contributed by atoms with van der Waals surface area (Å²) in [5, 5.41) is 3.65. The predicted molar refractivity (Wildman–Crippen MR) is 82.9 cm³/mol. The minimum Gasteiger partial charge on any atom is -0.349 e. The summed E-state index contributed by atoms with van der Waals surface area (Å²) in [5.41, 5.74) is 2.94. The van der Waals surface area contributed by atoms with E-state index in [0.717, 1.165) is 12.5 Å².